The van der Waals surface area contributed by atoms with Crippen molar-refractivity contribution in [3.63, 3.8) is 0 Å². The van der Waals surface area contributed by atoms with E-state index in [-0.39, 0.29) is 18.9 Å². The summed E-state index contributed by atoms with van der Waals surface area (Å²) in [5.41, 5.74) is 8.44. The van der Waals surface area contributed by atoms with Crippen LogP contribution in [0.3, 0.4) is 0 Å². The van der Waals surface area contributed by atoms with E-state index in [1.807, 2.05) is 0 Å². The van der Waals surface area contributed by atoms with Gasteiger partial charge in [-0.15, -0.1) is 0 Å². The molecule has 26 heavy (non-hydrogen) atoms. The van der Waals surface area contributed by atoms with Crippen LogP contribution in [0.4, 0.5) is 0 Å². The van der Waals surface area contributed by atoms with Gasteiger partial charge in [-0.1, -0.05) is 19.0 Å². The molecule has 0 unspecified atom stereocenters. The van der Waals surface area contributed by atoms with Crippen molar-refractivity contribution in [3.8, 4) is 0 Å². The number of ether oxygens (including phenoxy) is 2. The normalized spacial score (nSPS) is 26.0. The lowest BCUT2D eigenvalue weighted by molar-refractivity contribution is -0.144. The van der Waals surface area contributed by atoms with Crippen LogP contribution in [0, 0.1) is 5.92 Å². The molecule has 0 saturated carbocycles. The fourth-order valence-electron chi connectivity index (χ4n) is 1.96. The standard InChI is InChI=1S/C16H27N5O5/c1-4-25-16(24)13-12(26-13)15(23)20-11(9-10(2)3)14(22)18-7-5-6-8-19-21-17/h10-13H,4-9H2,1-3H3,(H,18,22)(H,20,23)/t11-,12-,13-/m0/s1/i5D2,6D2,7D2,8D2. The van der Waals surface area contributed by atoms with E-state index in [0.29, 0.717) is 0 Å². The third-order valence-electron chi connectivity index (χ3n) is 3.07. The summed E-state index contributed by atoms with van der Waals surface area (Å²) in [6.45, 7) is -2.04. The van der Waals surface area contributed by atoms with Crippen molar-refractivity contribution in [2.24, 2.45) is 11.0 Å². The first kappa shape index (κ1) is 12.1. The van der Waals surface area contributed by atoms with Gasteiger partial charge in [0.25, 0.3) is 5.91 Å². The van der Waals surface area contributed by atoms with Gasteiger partial charge in [0.15, 0.2) is 12.2 Å². The number of azide groups is 1. The fraction of sp³-hybridized carbons (Fsp3) is 0.812. The Kier molecular flexibility index (Phi) is 5.29. The molecule has 1 fully saturated rings. The van der Waals surface area contributed by atoms with E-state index < -0.39 is 61.8 Å². The second-order valence-corrected chi connectivity index (χ2v) is 5.59. The molecule has 1 aliphatic heterocycles. The zero-order valence-corrected chi connectivity index (χ0v) is 14.6. The van der Waals surface area contributed by atoms with E-state index in [1.54, 1.807) is 26.1 Å². The Balaban J connectivity index is 3.06. The molecule has 1 saturated heterocycles. The minimum Gasteiger partial charge on any atom is -0.464 e. The largest absolute Gasteiger partial charge is 0.464 e. The number of carbonyl (C=O) groups is 3. The molecule has 0 aromatic heterocycles. The third kappa shape index (κ3) is 7.71. The first-order chi connectivity index (χ1) is 15.4. The highest BCUT2D eigenvalue weighted by atomic mass is 16.6. The Morgan fingerprint density at radius 1 is 1.35 bits per heavy atom. The monoisotopic (exact) mass is 377 g/mol. The van der Waals surface area contributed by atoms with Crippen molar-refractivity contribution in [3.05, 3.63) is 10.4 Å². The van der Waals surface area contributed by atoms with Gasteiger partial charge in [-0.25, -0.2) is 4.79 Å². The number of amides is 2. The predicted octanol–water partition coefficient (Wildman–Crippen LogP) is 1.05. The Morgan fingerprint density at radius 2 is 2.08 bits per heavy atom. The Labute approximate surface area is 163 Å². The highest BCUT2D eigenvalue weighted by molar-refractivity contribution is 5.95. The maximum Gasteiger partial charge on any atom is 0.338 e. The topological polar surface area (TPSA) is 146 Å². The van der Waals surface area contributed by atoms with Crippen LogP contribution in [-0.2, 0) is 23.9 Å². The number of rotatable bonds is 12. The van der Waals surface area contributed by atoms with Crippen LogP contribution < -0.4 is 10.6 Å². The van der Waals surface area contributed by atoms with Crippen LogP contribution in [0.25, 0.3) is 10.4 Å². The summed E-state index contributed by atoms with van der Waals surface area (Å²) in [7, 11) is 0. The number of hydrogen-bond acceptors (Lipinski definition) is 6. The Morgan fingerprint density at radius 3 is 2.69 bits per heavy atom. The minimum atomic E-state index is -3.74. The summed E-state index contributed by atoms with van der Waals surface area (Å²) in [5.74, 6) is -3.08. The van der Waals surface area contributed by atoms with Crippen molar-refractivity contribution in [1.82, 2.24) is 10.6 Å². The van der Waals surface area contributed by atoms with Gasteiger partial charge in [0.2, 0.25) is 5.91 Å². The van der Waals surface area contributed by atoms with Gasteiger partial charge >= 0.3 is 5.97 Å². The number of esters is 1. The number of nitrogens with zero attached hydrogens (tertiary/aromatic N) is 3. The molecule has 146 valence electrons. The Bertz CT molecular complexity index is 850. The van der Waals surface area contributed by atoms with Crippen LogP contribution in [-0.4, -0.2) is 55.6 Å². The lowest BCUT2D eigenvalue weighted by atomic mass is 10.0. The number of carbonyl (C=O) groups excluding carboxylic acids is 3. The van der Waals surface area contributed by atoms with Crippen molar-refractivity contribution >= 4 is 17.8 Å². The summed E-state index contributed by atoms with van der Waals surface area (Å²) in [4.78, 5) is 38.9. The lowest BCUT2D eigenvalue weighted by Gasteiger charge is -2.19. The smallest absolute Gasteiger partial charge is 0.338 e. The molecule has 1 aliphatic rings. The molecule has 0 spiro atoms. The van der Waals surface area contributed by atoms with Crippen molar-refractivity contribution in [2.75, 3.05) is 19.6 Å². The van der Waals surface area contributed by atoms with Gasteiger partial charge in [0.1, 0.15) is 6.04 Å². The molecule has 2 amide bonds. The maximum absolute atomic E-state index is 12.8. The first-order valence-corrected chi connectivity index (χ1v) is 7.87. The molecule has 2 N–H and O–H groups in total. The highest BCUT2D eigenvalue weighted by Crippen LogP contribution is 2.24. The summed E-state index contributed by atoms with van der Waals surface area (Å²) in [6, 6.07) is -1.43. The van der Waals surface area contributed by atoms with Crippen molar-refractivity contribution in [2.45, 2.75) is 58.2 Å². The quantitative estimate of drug-likeness (QED) is 0.172. The van der Waals surface area contributed by atoms with Gasteiger partial charge in [0.05, 0.1) is 6.61 Å². The second-order valence-electron chi connectivity index (χ2n) is 5.59. The van der Waals surface area contributed by atoms with E-state index in [2.05, 4.69) is 15.3 Å². The van der Waals surface area contributed by atoms with Gasteiger partial charge < -0.3 is 20.1 Å². The number of hydrogen-bond donors (Lipinski definition) is 2. The van der Waals surface area contributed by atoms with Crippen LogP contribution in [0.1, 0.15) is 50.9 Å². The van der Waals surface area contributed by atoms with Crippen LogP contribution >= 0.6 is 0 Å². The first-order valence-electron chi connectivity index (χ1n) is 11.9. The molecule has 0 aromatic carbocycles. The molecule has 3 atom stereocenters. The van der Waals surface area contributed by atoms with Gasteiger partial charge in [0, 0.05) is 28.9 Å². The molecule has 1 heterocycles. The molecule has 0 bridgehead atoms. The van der Waals surface area contributed by atoms with Gasteiger partial charge in [-0.3, -0.25) is 9.59 Å². The average Bonchev–Trinajstić information content (AvgIpc) is 3.47. The van der Waals surface area contributed by atoms with Crippen molar-refractivity contribution < 1.29 is 34.8 Å². The zero-order chi connectivity index (χ0) is 26.7. The summed E-state index contributed by atoms with van der Waals surface area (Å²) in [6.07, 6.45) is -9.89. The number of epoxide rings is 1. The number of nitrogens with one attached hydrogen (secondary N) is 2. The lowest BCUT2D eigenvalue weighted by Crippen LogP contribution is -2.49. The van der Waals surface area contributed by atoms with Gasteiger partial charge in [-0.05, 0) is 37.5 Å². The van der Waals surface area contributed by atoms with E-state index in [1.165, 1.54) is 0 Å². The molecular formula is C16H27N5O5. The molecule has 10 heteroatoms. The predicted molar refractivity (Wildman–Crippen MR) is 92.9 cm³/mol. The van der Waals surface area contributed by atoms with Gasteiger partial charge in [-0.2, -0.15) is 0 Å². The van der Waals surface area contributed by atoms with E-state index in [4.69, 9.17) is 26.0 Å². The molecule has 1 rings (SSSR count). The zero-order valence-electron chi connectivity index (χ0n) is 22.6. The maximum atomic E-state index is 12.8. The molecule has 0 aliphatic carbocycles. The fourth-order valence-corrected chi connectivity index (χ4v) is 1.96. The summed E-state index contributed by atoms with van der Waals surface area (Å²) >= 11 is 0. The molecule has 0 radical (unpaired) electrons. The van der Waals surface area contributed by atoms with Crippen molar-refractivity contribution in [1.29, 1.82) is 0 Å². The third-order valence-corrected chi connectivity index (χ3v) is 3.07. The van der Waals surface area contributed by atoms with Crippen LogP contribution in [0.2, 0.25) is 0 Å². The average molecular weight is 377 g/mol. The van der Waals surface area contributed by atoms with E-state index in [9.17, 15) is 14.4 Å². The Hall–Kier alpha value is -2.32. The van der Waals surface area contributed by atoms with Crippen LogP contribution in [0.5, 0.6) is 0 Å². The minimum absolute atomic E-state index is 0.0418. The van der Waals surface area contributed by atoms with E-state index >= 15 is 0 Å². The van der Waals surface area contributed by atoms with Crippen LogP contribution in [0.15, 0.2) is 5.11 Å². The summed E-state index contributed by atoms with van der Waals surface area (Å²) in [5, 5.41) is 6.54. The SMILES string of the molecule is [2H]C([2H])(N=[N+]=[N-])C([2H])([2H])C([2H])([2H])C([2H])([2H])NC(=O)[C@H](CC(C)C)NC(=O)[C@H]1O[C@@H]1C(=O)OCC. The molecular weight excluding hydrogens is 342 g/mol. The summed E-state index contributed by atoms with van der Waals surface area (Å²) < 4.78 is 71.9. The second kappa shape index (κ2) is 11.3. The molecule has 0 aromatic rings. The highest BCUT2D eigenvalue weighted by Gasteiger charge is 2.52. The van der Waals surface area contributed by atoms with E-state index in [0.717, 1.165) is 0 Å². The molecule has 10 nitrogen and oxygen atoms in total.